The maximum atomic E-state index is 12.6. The molecule has 168 valence electrons. The summed E-state index contributed by atoms with van der Waals surface area (Å²) >= 11 is 1.33. The van der Waals surface area contributed by atoms with Crippen molar-refractivity contribution in [1.29, 1.82) is 0 Å². The molecule has 7 nitrogen and oxygen atoms in total. The smallest absolute Gasteiger partial charge is 0.251 e. The molecule has 3 rings (SSSR count). The number of carbonyl (C=O) groups excluding carboxylic acids is 2. The number of rotatable bonds is 8. The Morgan fingerprint density at radius 3 is 2.53 bits per heavy atom. The average Bonchev–Trinajstić information content (AvgIpc) is 3.18. The van der Waals surface area contributed by atoms with Crippen LogP contribution in [-0.2, 0) is 11.3 Å². The first-order valence-corrected chi connectivity index (χ1v) is 11.6. The SMILES string of the molecule is CCn1c(SCC(=O)Nc2ccc(C)c(C)c2)nnc1[C@@H](C)NC(=O)c1cccc(C)c1. The molecule has 1 heterocycles. The largest absolute Gasteiger partial charge is 0.342 e. The number of hydrogen-bond donors (Lipinski definition) is 2. The van der Waals surface area contributed by atoms with E-state index in [1.54, 1.807) is 6.07 Å². The van der Waals surface area contributed by atoms with Gasteiger partial charge in [-0.3, -0.25) is 9.59 Å². The van der Waals surface area contributed by atoms with Crippen molar-refractivity contribution in [3.63, 3.8) is 0 Å². The lowest BCUT2D eigenvalue weighted by Crippen LogP contribution is -2.28. The van der Waals surface area contributed by atoms with Gasteiger partial charge in [-0.15, -0.1) is 10.2 Å². The van der Waals surface area contributed by atoms with Crippen LogP contribution in [0.1, 0.15) is 52.8 Å². The van der Waals surface area contributed by atoms with E-state index >= 15 is 0 Å². The summed E-state index contributed by atoms with van der Waals surface area (Å²) in [5.74, 6) is 0.611. The number of nitrogens with one attached hydrogen (secondary N) is 2. The number of aryl methyl sites for hydroxylation is 3. The van der Waals surface area contributed by atoms with Crippen molar-refractivity contribution in [3.8, 4) is 0 Å². The molecule has 0 aliphatic carbocycles. The van der Waals surface area contributed by atoms with Gasteiger partial charge in [0.1, 0.15) is 0 Å². The van der Waals surface area contributed by atoms with Crippen LogP contribution >= 0.6 is 11.8 Å². The lowest BCUT2D eigenvalue weighted by molar-refractivity contribution is -0.113. The molecule has 0 saturated heterocycles. The molecule has 8 heteroatoms. The van der Waals surface area contributed by atoms with Crippen LogP contribution in [0.5, 0.6) is 0 Å². The molecule has 0 saturated carbocycles. The Hall–Kier alpha value is -3.13. The van der Waals surface area contributed by atoms with Gasteiger partial charge in [0.05, 0.1) is 11.8 Å². The highest BCUT2D eigenvalue weighted by molar-refractivity contribution is 7.99. The number of anilines is 1. The van der Waals surface area contributed by atoms with Crippen LogP contribution in [0, 0.1) is 20.8 Å². The van der Waals surface area contributed by atoms with Crippen molar-refractivity contribution >= 4 is 29.3 Å². The van der Waals surface area contributed by atoms with E-state index in [0.717, 1.165) is 16.8 Å². The van der Waals surface area contributed by atoms with Crippen molar-refractivity contribution in [1.82, 2.24) is 20.1 Å². The summed E-state index contributed by atoms with van der Waals surface area (Å²) < 4.78 is 1.93. The van der Waals surface area contributed by atoms with E-state index in [4.69, 9.17) is 0 Å². The van der Waals surface area contributed by atoms with Gasteiger partial charge >= 0.3 is 0 Å². The monoisotopic (exact) mass is 451 g/mol. The highest BCUT2D eigenvalue weighted by Gasteiger charge is 2.20. The molecule has 0 bridgehead atoms. The standard InChI is InChI=1S/C24H29N5O2S/c1-6-29-22(18(5)25-23(31)19-9-7-8-15(2)12-19)27-28-24(29)32-14-21(30)26-20-11-10-16(3)17(4)13-20/h7-13,18H,6,14H2,1-5H3,(H,25,31)(H,26,30)/t18-/m1/s1. The minimum absolute atomic E-state index is 0.105. The predicted octanol–water partition coefficient (Wildman–Crippen LogP) is 4.45. The Balaban J connectivity index is 1.62. The predicted molar refractivity (Wildman–Crippen MR) is 128 cm³/mol. The maximum Gasteiger partial charge on any atom is 0.251 e. The molecular formula is C24H29N5O2S. The van der Waals surface area contributed by atoms with Crippen molar-refractivity contribution in [2.45, 2.75) is 52.4 Å². The van der Waals surface area contributed by atoms with Crippen molar-refractivity contribution in [3.05, 3.63) is 70.5 Å². The van der Waals surface area contributed by atoms with Gasteiger partial charge in [-0.2, -0.15) is 0 Å². The van der Waals surface area contributed by atoms with Gasteiger partial charge in [0, 0.05) is 17.8 Å². The zero-order valence-corrected chi connectivity index (χ0v) is 19.9. The van der Waals surface area contributed by atoms with Crippen LogP contribution in [-0.4, -0.2) is 32.3 Å². The maximum absolute atomic E-state index is 12.6. The third-order valence-electron chi connectivity index (χ3n) is 5.20. The zero-order chi connectivity index (χ0) is 23.3. The molecule has 0 fully saturated rings. The molecule has 0 aliphatic rings. The lowest BCUT2D eigenvalue weighted by Gasteiger charge is -2.15. The van der Waals surface area contributed by atoms with Gasteiger partial charge < -0.3 is 15.2 Å². The summed E-state index contributed by atoms with van der Waals surface area (Å²) in [5.41, 5.74) is 4.73. The number of hydrogen-bond acceptors (Lipinski definition) is 5. The number of carbonyl (C=O) groups is 2. The Kier molecular flexibility index (Phi) is 7.69. The molecule has 2 aromatic carbocycles. The summed E-state index contributed by atoms with van der Waals surface area (Å²) in [7, 11) is 0. The first-order valence-electron chi connectivity index (χ1n) is 10.6. The number of thioether (sulfide) groups is 1. The Labute approximate surface area is 193 Å². The molecule has 1 aromatic heterocycles. The molecule has 2 N–H and O–H groups in total. The second kappa shape index (κ2) is 10.5. The first-order chi connectivity index (χ1) is 15.3. The molecule has 32 heavy (non-hydrogen) atoms. The number of amides is 2. The van der Waals surface area contributed by atoms with Crippen molar-refractivity contribution < 1.29 is 9.59 Å². The summed E-state index contributed by atoms with van der Waals surface area (Å²) in [6, 6.07) is 13.0. The molecular weight excluding hydrogens is 422 g/mol. The topological polar surface area (TPSA) is 88.9 Å². The summed E-state index contributed by atoms with van der Waals surface area (Å²) in [6.45, 7) is 10.5. The fourth-order valence-electron chi connectivity index (χ4n) is 3.30. The minimum Gasteiger partial charge on any atom is -0.342 e. The van der Waals surface area contributed by atoms with Gasteiger partial charge in [-0.25, -0.2) is 0 Å². The van der Waals surface area contributed by atoms with Crippen LogP contribution in [0.25, 0.3) is 0 Å². The molecule has 2 amide bonds. The van der Waals surface area contributed by atoms with Crippen LogP contribution < -0.4 is 10.6 Å². The average molecular weight is 452 g/mol. The van der Waals surface area contributed by atoms with Crippen molar-refractivity contribution in [2.24, 2.45) is 0 Å². The molecule has 1 atom stereocenters. The minimum atomic E-state index is -0.325. The van der Waals surface area contributed by atoms with Crippen LogP contribution in [0.15, 0.2) is 47.6 Å². The highest BCUT2D eigenvalue weighted by Crippen LogP contribution is 2.22. The van der Waals surface area contributed by atoms with Gasteiger partial charge in [0.2, 0.25) is 5.91 Å². The Morgan fingerprint density at radius 2 is 1.84 bits per heavy atom. The van der Waals surface area contributed by atoms with Gasteiger partial charge in [-0.1, -0.05) is 35.5 Å². The molecule has 3 aromatic rings. The van der Waals surface area contributed by atoms with Gasteiger partial charge in [0.15, 0.2) is 11.0 Å². The quantitative estimate of drug-likeness (QED) is 0.494. The zero-order valence-electron chi connectivity index (χ0n) is 19.1. The van der Waals surface area contributed by atoms with E-state index in [1.165, 1.54) is 17.3 Å². The summed E-state index contributed by atoms with van der Waals surface area (Å²) in [4.78, 5) is 25.0. The highest BCUT2D eigenvalue weighted by atomic mass is 32.2. The van der Waals surface area contributed by atoms with Crippen LogP contribution in [0.2, 0.25) is 0 Å². The Morgan fingerprint density at radius 1 is 1.06 bits per heavy atom. The number of benzene rings is 2. The van der Waals surface area contributed by atoms with E-state index in [9.17, 15) is 9.59 Å². The lowest BCUT2D eigenvalue weighted by atomic mass is 10.1. The van der Waals surface area contributed by atoms with Gasteiger partial charge in [-0.05, 0) is 70.0 Å². The third kappa shape index (κ3) is 5.76. The molecule has 0 unspecified atom stereocenters. The van der Waals surface area contributed by atoms with E-state index in [1.807, 2.05) is 75.6 Å². The molecule has 0 spiro atoms. The molecule has 0 aliphatic heterocycles. The van der Waals surface area contributed by atoms with Crippen LogP contribution in [0.3, 0.4) is 0 Å². The van der Waals surface area contributed by atoms with E-state index in [-0.39, 0.29) is 23.6 Å². The second-order valence-electron chi connectivity index (χ2n) is 7.79. The van der Waals surface area contributed by atoms with Crippen molar-refractivity contribution in [2.75, 3.05) is 11.1 Å². The van der Waals surface area contributed by atoms with Gasteiger partial charge in [0.25, 0.3) is 5.91 Å². The number of nitrogens with zero attached hydrogens (tertiary/aromatic N) is 3. The fraction of sp³-hybridized carbons (Fsp3) is 0.333. The van der Waals surface area contributed by atoms with E-state index in [2.05, 4.69) is 20.8 Å². The second-order valence-corrected chi connectivity index (χ2v) is 8.73. The van der Waals surface area contributed by atoms with E-state index < -0.39 is 0 Å². The fourth-order valence-corrected chi connectivity index (χ4v) is 4.11. The summed E-state index contributed by atoms with van der Waals surface area (Å²) in [6.07, 6.45) is 0. The third-order valence-corrected chi connectivity index (χ3v) is 6.17. The first kappa shape index (κ1) is 23.5. The van der Waals surface area contributed by atoms with E-state index in [0.29, 0.717) is 23.1 Å². The number of aromatic nitrogens is 3. The summed E-state index contributed by atoms with van der Waals surface area (Å²) in [5, 5.41) is 15.1. The molecule has 0 radical (unpaired) electrons. The Bertz CT molecular complexity index is 1130. The normalized spacial score (nSPS) is 11.8. The van der Waals surface area contributed by atoms with Crippen LogP contribution in [0.4, 0.5) is 5.69 Å².